The van der Waals surface area contributed by atoms with Gasteiger partial charge in [-0.2, -0.15) is 0 Å². The van der Waals surface area contributed by atoms with Gasteiger partial charge in [0.2, 0.25) is 0 Å². The highest BCUT2D eigenvalue weighted by molar-refractivity contribution is 5.10. The monoisotopic (exact) mass is 176 g/mol. The van der Waals surface area contributed by atoms with Gasteiger partial charge in [0.1, 0.15) is 0 Å². The minimum atomic E-state index is 0.815. The molecule has 13 heavy (non-hydrogen) atoms. The molecule has 0 aromatic carbocycles. The summed E-state index contributed by atoms with van der Waals surface area (Å²) in [6, 6.07) is 0. The van der Waals surface area contributed by atoms with E-state index in [0.717, 1.165) is 11.3 Å². The van der Waals surface area contributed by atoms with Crippen LogP contribution in [0.1, 0.15) is 45.4 Å². The summed E-state index contributed by atoms with van der Waals surface area (Å²) in [4.78, 5) is 0. The zero-order valence-electron chi connectivity index (χ0n) is 8.63. The maximum absolute atomic E-state index is 2.59. The highest BCUT2D eigenvalue weighted by atomic mass is 14.7. The minimum Gasteiger partial charge on any atom is -0.0593 e. The van der Waals surface area contributed by atoms with Crippen molar-refractivity contribution < 1.29 is 0 Å². The molecule has 5 fully saturated rings. The molecule has 4 bridgehead atoms. The van der Waals surface area contributed by atoms with E-state index in [1.54, 1.807) is 38.5 Å². The van der Waals surface area contributed by atoms with E-state index in [4.69, 9.17) is 0 Å². The fourth-order valence-corrected chi connectivity index (χ4v) is 5.34. The average molecular weight is 176 g/mol. The molecule has 0 aromatic rings. The predicted molar refractivity (Wildman–Crippen MR) is 53.3 cm³/mol. The smallest absolute Gasteiger partial charge is 0.0289 e. The third-order valence-electron chi connectivity index (χ3n) is 5.96. The van der Waals surface area contributed by atoms with Gasteiger partial charge in [0.25, 0.3) is 0 Å². The quantitative estimate of drug-likeness (QED) is 0.530. The molecule has 5 aliphatic rings. The Bertz CT molecular complexity index is 257. The first kappa shape index (κ1) is 7.31. The Labute approximate surface area is 81.1 Å². The van der Waals surface area contributed by atoms with Crippen molar-refractivity contribution in [2.75, 3.05) is 0 Å². The Hall–Kier alpha value is 0. The first-order chi connectivity index (χ1) is 6.26. The Kier molecular flexibility index (Phi) is 1.12. The molecule has 0 heterocycles. The van der Waals surface area contributed by atoms with E-state index in [-0.39, 0.29) is 0 Å². The van der Waals surface area contributed by atoms with Gasteiger partial charge < -0.3 is 0 Å². The molecular formula is C13H20. The summed E-state index contributed by atoms with van der Waals surface area (Å²) < 4.78 is 0. The summed E-state index contributed by atoms with van der Waals surface area (Å²) in [6.45, 7) is 2.59. The van der Waals surface area contributed by atoms with Crippen LogP contribution < -0.4 is 0 Å². The lowest BCUT2D eigenvalue weighted by atomic mass is 9.46. The SMILES string of the molecule is CC12CC3CC3C3CCC1[C@@H](C3)C2. The molecule has 5 rings (SSSR count). The minimum absolute atomic E-state index is 0.815. The van der Waals surface area contributed by atoms with Gasteiger partial charge in [0.15, 0.2) is 0 Å². The Morgan fingerprint density at radius 3 is 2.62 bits per heavy atom. The standard InChI is InChI=1S/C13H20/c1-13-6-9-5-11(9)8-2-3-12(13)10(4-8)7-13/h8-12H,2-7H2,1H3/t8?,9?,10-,11?,12?,13?/m0/s1. The van der Waals surface area contributed by atoms with Gasteiger partial charge in [0.05, 0.1) is 0 Å². The van der Waals surface area contributed by atoms with E-state index in [0.29, 0.717) is 0 Å². The number of rotatable bonds is 0. The molecule has 72 valence electrons. The first-order valence-corrected chi connectivity index (χ1v) is 6.26. The number of hydrogen-bond acceptors (Lipinski definition) is 0. The van der Waals surface area contributed by atoms with Gasteiger partial charge in [0, 0.05) is 0 Å². The molecule has 0 N–H and O–H groups in total. The van der Waals surface area contributed by atoms with Crippen molar-refractivity contribution in [1.82, 2.24) is 0 Å². The molecule has 0 radical (unpaired) electrons. The van der Waals surface area contributed by atoms with Crippen LogP contribution in [0.15, 0.2) is 0 Å². The summed E-state index contributed by atoms with van der Waals surface area (Å²) in [5, 5.41) is 0. The summed E-state index contributed by atoms with van der Waals surface area (Å²) in [5.41, 5.74) is 0.815. The van der Waals surface area contributed by atoms with Crippen molar-refractivity contribution in [3.63, 3.8) is 0 Å². The van der Waals surface area contributed by atoms with E-state index in [1.165, 1.54) is 23.7 Å². The van der Waals surface area contributed by atoms with E-state index in [2.05, 4.69) is 6.92 Å². The van der Waals surface area contributed by atoms with Crippen LogP contribution in [0.2, 0.25) is 0 Å². The third kappa shape index (κ3) is 0.789. The summed E-state index contributed by atoms with van der Waals surface area (Å²) in [7, 11) is 0. The molecular weight excluding hydrogens is 156 g/mol. The fourth-order valence-electron chi connectivity index (χ4n) is 5.34. The van der Waals surface area contributed by atoms with Gasteiger partial charge in [-0.1, -0.05) is 6.92 Å². The normalized spacial score (nSPS) is 67.6. The largest absolute Gasteiger partial charge is 0.0593 e. The Morgan fingerprint density at radius 1 is 0.923 bits per heavy atom. The van der Waals surface area contributed by atoms with Crippen LogP contribution in [0.4, 0.5) is 0 Å². The van der Waals surface area contributed by atoms with Crippen molar-refractivity contribution in [3.05, 3.63) is 0 Å². The van der Waals surface area contributed by atoms with Gasteiger partial charge >= 0.3 is 0 Å². The molecule has 6 atom stereocenters. The van der Waals surface area contributed by atoms with Crippen LogP contribution in [-0.2, 0) is 0 Å². The lowest BCUT2D eigenvalue weighted by Crippen LogP contribution is -2.50. The highest BCUT2D eigenvalue weighted by Gasteiger charge is 2.60. The first-order valence-electron chi connectivity index (χ1n) is 6.26. The zero-order chi connectivity index (χ0) is 8.63. The molecule has 0 aliphatic heterocycles. The second kappa shape index (κ2) is 1.99. The van der Waals surface area contributed by atoms with Crippen LogP contribution in [0, 0.1) is 35.0 Å². The van der Waals surface area contributed by atoms with Crippen LogP contribution >= 0.6 is 0 Å². The molecule has 0 heteroatoms. The topological polar surface area (TPSA) is 0 Å². The van der Waals surface area contributed by atoms with Crippen LogP contribution in [0.25, 0.3) is 0 Å². The number of fused-ring (bicyclic) bond motifs is 1. The molecule has 5 saturated carbocycles. The van der Waals surface area contributed by atoms with Gasteiger partial charge in [-0.05, 0) is 73.5 Å². The zero-order valence-corrected chi connectivity index (χ0v) is 8.63. The summed E-state index contributed by atoms with van der Waals surface area (Å²) >= 11 is 0. The van der Waals surface area contributed by atoms with E-state index < -0.39 is 0 Å². The molecule has 5 aliphatic carbocycles. The van der Waals surface area contributed by atoms with Gasteiger partial charge in [-0.3, -0.25) is 0 Å². The maximum Gasteiger partial charge on any atom is -0.0289 e. The van der Waals surface area contributed by atoms with Gasteiger partial charge in [-0.15, -0.1) is 0 Å². The van der Waals surface area contributed by atoms with Crippen molar-refractivity contribution in [2.24, 2.45) is 35.0 Å². The number of hydrogen-bond donors (Lipinski definition) is 0. The average Bonchev–Trinajstić information content (AvgIpc) is 2.78. The Balaban J connectivity index is 1.73. The molecule has 0 saturated heterocycles. The van der Waals surface area contributed by atoms with E-state index in [1.807, 2.05) is 0 Å². The van der Waals surface area contributed by atoms with Gasteiger partial charge in [-0.25, -0.2) is 0 Å². The summed E-state index contributed by atoms with van der Waals surface area (Å²) in [5.74, 6) is 5.88. The molecule has 0 spiro atoms. The van der Waals surface area contributed by atoms with Crippen molar-refractivity contribution in [3.8, 4) is 0 Å². The lowest BCUT2D eigenvalue weighted by Gasteiger charge is -2.59. The van der Waals surface area contributed by atoms with Crippen LogP contribution in [0.3, 0.4) is 0 Å². The predicted octanol–water partition coefficient (Wildman–Crippen LogP) is 3.47. The van der Waals surface area contributed by atoms with E-state index in [9.17, 15) is 0 Å². The van der Waals surface area contributed by atoms with Crippen molar-refractivity contribution >= 4 is 0 Å². The molecule has 5 unspecified atom stereocenters. The summed E-state index contributed by atoms with van der Waals surface area (Å²) in [6.07, 6.45) is 9.63. The fraction of sp³-hybridized carbons (Fsp3) is 1.00. The second-order valence-corrected chi connectivity index (χ2v) is 6.66. The molecule has 0 amide bonds. The molecule has 0 aromatic heterocycles. The molecule has 0 nitrogen and oxygen atoms in total. The highest BCUT2D eigenvalue weighted by Crippen LogP contribution is 2.69. The van der Waals surface area contributed by atoms with Crippen molar-refractivity contribution in [2.45, 2.75) is 45.4 Å². The van der Waals surface area contributed by atoms with Crippen molar-refractivity contribution in [1.29, 1.82) is 0 Å². The van der Waals surface area contributed by atoms with E-state index >= 15 is 0 Å². The Morgan fingerprint density at radius 2 is 1.77 bits per heavy atom. The van der Waals surface area contributed by atoms with Crippen LogP contribution in [0.5, 0.6) is 0 Å². The second-order valence-electron chi connectivity index (χ2n) is 6.66. The third-order valence-corrected chi connectivity index (χ3v) is 5.96. The lowest BCUT2D eigenvalue weighted by molar-refractivity contribution is -0.0969. The van der Waals surface area contributed by atoms with Crippen LogP contribution in [-0.4, -0.2) is 0 Å². The maximum atomic E-state index is 2.59.